The van der Waals surface area contributed by atoms with Crippen LogP contribution in [0.2, 0.25) is 0 Å². The van der Waals surface area contributed by atoms with Crippen LogP contribution in [0.1, 0.15) is 71.0 Å². The molecule has 2 aliphatic carbocycles. The van der Waals surface area contributed by atoms with Crippen molar-refractivity contribution in [2.45, 2.75) is 82.9 Å². The van der Waals surface area contributed by atoms with E-state index in [1.807, 2.05) is 13.8 Å². The van der Waals surface area contributed by atoms with E-state index in [1.165, 1.54) is 13.4 Å². The molecule has 0 amide bonds. The Bertz CT molecular complexity index is 1130. The standard InChI is InChI=1S/C27H34O9/c1-23-7-5-15-25(3)16(9-20(29)33-4)24(2)13-26(25,31)36-19(11-18(24)28)27(15,32)17(23)10-21(30)35-22(23)14-6-8-34-12-14/h6,8,12,15-17,19,22,31-32H,5,7,9-11,13H2,1-4H3/t15-,16+,17?,19-,22+,23-,24-,25-,26+,27-/m1/s1. The highest BCUT2D eigenvalue weighted by Gasteiger charge is 2.82. The predicted molar refractivity (Wildman–Crippen MR) is 122 cm³/mol. The third-order valence-corrected chi connectivity index (χ3v) is 11.1. The molecule has 4 heterocycles. The van der Waals surface area contributed by atoms with Gasteiger partial charge < -0.3 is 28.8 Å². The second-order valence-corrected chi connectivity index (χ2v) is 12.4. The summed E-state index contributed by atoms with van der Waals surface area (Å²) in [5.74, 6) is -4.45. The number of Topliss-reactive ketones (excluding diaryl/α,β-unsaturated/α-hetero) is 1. The van der Waals surface area contributed by atoms with E-state index >= 15 is 0 Å². The quantitative estimate of drug-likeness (QED) is 0.599. The summed E-state index contributed by atoms with van der Waals surface area (Å²) >= 11 is 0. The van der Waals surface area contributed by atoms with Crippen molar-refractivity contribution in [3.63, 3.8) is 0 Å². The highest BCUT2D eigenvalue weighted by molar-refractivity contribution is 5.88. The van der Waals surface area contributed by atoms with Gasteiger partial charge in [0, 0.05) is 52.9 Å². The number of hydrogen-bond donors (Lipinski definition) is 2. The minimum Gasteiger partial charge on any atom is -0.472 e. The van der Waals surface area contributed by atoms with Gasteiger partial charge >= 0.3 is 11.9 Å². The van der Waals surface area contributed by atoms with Gasteiger partial charge in [-0.25, -0.2) is 0 Å². The van der Waals surface area contributed by atoms with E-state index in [0.29, 0.717) is 18.4 Å². The van der Waals surface area contributed by atoms with Crippen LogP contribution in [0.5, 0.6) is 0 Å². The van der Waals surface area contributed by atoms with Crippen molar-refractivity contribution in [3.05, 3.63) is 24.2 Å². The average Bonchev–Trinajstić information content (AvgIpc) is 3.38. The van der Waals surface area contributed by atoms with Crippen molar-refractivity contribution in [2.24, 2.45) is 34.0 Å². The first kappa shape index (κ1) is 24.1. The molecule has 6 rings (SSSR count). The van der Waals surface area contributed by atoms with Gasteiger partial charge in [0.25, 0.3) is 0 Å². The molecule has 1 aromatic rings. The van der Waals surface area contributed by atoms with Gasteiger partial charge in [-0.1, -0.05) is 20.8 Å². The summed E-state index contributed by atoms with van der Waals surface area (Å²) in [4.78, 5) is 39.3. The molecule has 196 valence electrons. The maximum Gasteiger partial charge on any atom is 0.306 e. The van der Waals surface area contributed by atoms with E-state index in [4.69, 9.17) is 18.6 Å². The number of carbonyl (C=O) groups excluding carboxylic acids is 3. The number of fused-ring (bicyclic) bond motifs is 7. The Hall–Kier alpha value is -2.23. The van der Waals surface area contributed by atoms with E-state index in [9.17, 15) is 24.6 Å². The minimum absolute atomic E-state index is 0.0284. The SMILES string of the molecule is COC(=O)C[C@@H]1[C@@]2(C)[C@H]3CC[C@]4(C)C(CC(=O)O[C@H]4c4ccoc4)[C@@]3(O)[C@H]3CC(=O)[C@]1(C)C[C@]2(O)O3. The number of carbonyl (C=O) groups is 3. The van der Waals surface area contributed by atoms with Gasteiger partial charge in [0.2, 0.25) is 0 Å². The van der Waals surface area contributed by atoms with Crippen molar-refractivity contribution in [1.82, 2.24) is 0 Å². The van der Waals surface area contributed by atoms with Crippen molar-refractivity contribution in [3.8, 4) is 0 Å². The number of methoxy groups -OCH3 is 1. The maximum absolute atomic E-state index is 13.8. The number of ketones is 1. The van der Waals surface area contributed by atoms with Crippen LogP contribution in [0.4, 0.5) is 0 Å². The maximum atomic E-state index is 13.8. The zero-order chi connectivity index (χ0) is 25.9. The van der Waals surface area contributed by atoms with Gasteiger partial charge in [-0.2, -0.15) is 0 Å². The highest BCUT2D eigenvalue weighted by Crippen LogP contribution is 2.76. The number of ether oxygens (including phenoxy) is 3. The molecule has 1 unspecified atom stereocenters. The van der Waals surface area contributed by atoms with Crippen LogP contribution in [0, 0.1) is 34.0 Å². The second kappa shape index (κ2) is 7.20. The van der Waals surface area contributed by atoms with E-state index in [-0.39, 0.29) is 31.5 Å². The third-order valence-electron chi connectivity index (χ3n) is 11.1. The fourth-order valence-corrected chi connectivity index (χ4v) is 9.27. The number of cyclic esters (lactones) is 1. The molecule has 5 aliphatic rings. The number of esters is 2. The van der Waals surface area contributed by atoms with Crippen LogP contribution in [-0.2, 0) is 28.6 Å². The molecule has 10 atom stereocenters. The largest absolute Gasteiger partial charge is 0.472 e. The molecule has 9 nitrogen and oxygen atoms in total. The van der Waals surface area contributed by atoms with Crippen molar-refractivity contribution in [1.29, 1.82) is 0 Å². The summed E-state index contributed by atoms with van der Waals surface area (Å²) in [5, 5.41) is 24.8. The molecule has 2 N–H and O–H groups in total. The smallest absolute Gasteiger partial charge is 0.306 e. The number of rotatable bonds is 3. The van der Waals surface area contributed by atoms with Gasteiger partial charge in [0.05, 0.1) is 37.8 Å². The molecule has 3 saturated heterocycles. The van der Waals surface area contributed by atoms with Gasteiger partial charge in [-0.15, -0.1) is 0 Å². The van der Waals surface area contributed by atoms with Crippen molar-refractivity contribution >= 4 is 17.7 Å². The van der Waals surface area contributed by atoms with Crippen LogP contribution < -0.4 is 0 Å². The summed E-state index contributed by atoms with van der Waals surface area (Å²) in [6.07, 6.45) is 2.46. The Labute approximate surface area is 209 Å². The van der Waals surface area contributed by atoms with Gasteiger partial charge in [-0.05, 0) is 24.8 Å². The first-order chi connectivity index (χ1) is 16.8. The molecule has 9 heteroatoms. The topological polar surface area (TPSA) is 133 Å². The lowest BCUT2D eigenvalue weighted by molar-refractivity contribution is -0.400. The summed E-state index contributed by atoms with van der Waals surface area (Å²) in [6.45, 7) is 5.65. The van der Waals surface area contributed by atoms with Crippen molar-refractivity contribution < 1.29 is 43.2 Å². The first-order valence-electron chi connectivity index (χ1n) is 12.8. The van der Waals surface area contributed by atoms with Crippen LogP contribution in [0.25, 0.3) is 0 Å². The normalized spacial score (nSPS) is 51.2. The lowest BCUT2D eigenvalue weighted by Crippen LogP contribution is -2.76. The summed E-state index contributed by atoms with van der Waals surface area (Å²) in [5.41, 5.74) is -3.65. The monoisotopic (exact) mass is 502 g/mol. The molecule has 2 saturated carbocycles. The summed E-state index contributed by atoms with van der Waals surface area (Å²) in [6, 6.07) is 1.76. The molecule has 3 aliphatic heterocycles. The zero-order valence-corrected chi connectivity index (χ0v) is 21.1. The molecule has 0 aromatic carbocycles. The van der Waals surface area contributed by atoms with Gasteiger partial charge in [-0.3, -0.25) is 14.4 Å². The first-order valence-corrected chi connectivity index (χ1v) is 12.8. The van der Waals surface area contributed by atoms with Crippen LogP contribution in [-0.4, -0.2) is 52.5 Å². The number of aliphatic hydroxyl groups is 2. The van der Waals surface area contributed by atoms with Gasteiger partial charge in [0.1, 0.15) is 11.9 Å². The lowest BCUT2D eigenvalue weighted by atomic mass is 9.42. The molecular weight excluding hydrogens is 468 g/mol. The zero-order valence-electron chi connectivity index (χ0n) is 21.1. The fraction of sp³-hybridized carbons (Fsp3) is 0.741. The predicted octanol–water partition coefficient (Wildman–Crippen LogP) is 2.69. The molecule has 5 fully saturated rings. The molecular formula is C27H34O9. The van der Waals surface area contributed by atoms with Crippen molar-refractivity contribution in [2.75, 3.05) is 7.11 Å². The molecule has 0 spiro atoms. The Morgan fingerprint density at radius 1 is 1.17 bits per heavy atom. The number of furan rings is 1. The molecule has 0 radical (unpaired) electrons. The molecule has 3 bridgehead atoms. The fourth-order valence-electron chi connectivity index (χ4n) is 9.27. The Morgan fingerprint density at radius 2 is 1.92 bits per heavy atom. The highest BCUT2D eigenvalue weighted by atomic mass is 16.6. The summed E-state index contributed by atoms with van der Waals surface area (Å²) in [7, 11) is 1.30. The van der Waals surface area contributed by atoms with E-state index in [2.05, 4.69) is 0 Å². The Balaban J connectivity index is 1.52. The van der Waals surface area contributed by atoms with Crippen LogP contribution >= 0.6 is 0 Å². The Morgan fingerprint density at radius 3 is 2.58 bits per heavy atom. The molecule has 1 aromatic heterocycles. The van der Waals surface area contributed by atoms with Crippen LogP contribution in [0.15, 0.2) is 23.0 Å². The average molecular weight is 503 g/mol. The third kappa shape index (κ3) is 2.64. The van der Waals surface area contributed by atoms with E-state index in [0.717, 1.165) is 0 Å². The molecule has 36 heavy (non-hydrogen) atoms. The van der Waals surface area contributed by atoms with Crippen LogP contribution in [0.3, 0.4) is 0 Å². The lowest BCUT2D eigenvalue weighted by Gasteiger charge is -2.68. The van der Waals surface area contributed by atoms with Gasteiger partial charge in [0.15, 0.2) is 5.79 Å². The minimum atomic E-state index is -1.69. The Kier molecular flexibility index (Phi) is 4.83. The number of hydrogen-bond acceptors (Lipinski definition) is 9. The van der Waals surface area contributed by atoms with E-state index < -0.39 is 69.5 Å². The van der Waals surface area contributed by atoms with E-state index in [1.54, 1.807) is 19.3 Å². The second-order valence-electron chi connectivity index (χ2n) is 12.4. The summed E-state index contributed by atoms with van der Waals surface area (Å²) < 4.78 is 22.5.